The van der Waals surface area contributed by atoms with E-state index in [0.29, 0.717) is 29.9 Å². The highest BCUT2D eigenvalue weighted by Gasteiger charge is 2.30. The van der Waals surface area contributed by atoms with Crippen LogP contribution in [0.3, 0.4) is 0 Å². The lowest BCUT2D eigenvalue weighted by Crippen LogP contribution is -2.45. The van der Waals surface area contributed by atoms with Crippen molar-refractivity contribution in [2.75, 3.05) is 44.2 Å². The number of pyridine rings is 1. The van der Waals surface area contributed by atoms with Crippen molar-refractivity contribution in [2.24, 2.45) is 5.92 Å². The van der Waals surface area contributed by atoms with Gasteiger partial charge in [0.2, 0.25) is 11.8 Å². The van der Waals surface area contributed by atoms with Crippen LogP contribution in [0, 0.1) is 5.92 Å². The normalized spacial score (nSPS) is 17.9. The Hall–Kier alpha value is -2.09. The zero-order valence-corrected chi connectivity index (χ0v) is 22.0. The predicted octanol–water partition coefficient (Wildman–Crippen LogP) is 4.97. The van der Waals surface area contributed by atoms with Gasteiger partial charge in [0.1, 0.15) is 0 Å². The van der Waals surface area contributed by atoms with Gasteiger partial charge in [0.05, 0.1) is 5.03 Å². The molecule has 6 nitrogen and oxygen atoms in total. The first-order valence-corrected chi connectivity index (χ1v) is 13.9. The van der Waals surface area contributed by atoms with Crippen LogP contribution in [-0.2, 0) is 9.59 Å². The maximum atomic E-state index is 13.5. The summed E-state index contributed by atoms with van der Waals surface area (Å²) in [7, 11) is 0. The summed E-state index contributed by atoms with van der Waals surface area (Å²) < 4.78 is 0. The molecule has 0 saturated carbocycles. The number of thioether (sulfide) groups is 1. The first-order chi connectivity index (χ1) is 17.0. The van der Waals surface area contributed by atoms with E-state index in [-0.39, 0.29) is 17.7 Å². The van der Waals surface area contributed by atoms with Crippen molar-refractivity contribution < 1.29 is 9.59 Å². The number of carbonyl (C=O) groups excluding carboxylic acids is 2. The van der Waals surface area contributed by atoms with Gasteiger partial charge in [-0.15, -0.1) is 11.8 Å². The highest BCUT2D eigenvalue weighted by atomic mass is 35.5. The smallest absolute Gasteiger partial charge is 0.230 e. The highest BCUT2D eigenvalue weighted by Crippen LogP contribution is 2.29. The lowest BCUT2D eigenvalue weighted by Gasteiger charge is -2.35. The van der Waals surface area contributed by atoms with Crippen molar-refractivity contribution in [3.05, 3.63) is 53.7 Å². The Morgan fingerprint density at radius 2 is 1.83 bits per heavy atom. The van der Waals surface area contributed by atoms with Crippen molar-refractivity contribution in [1.82, 2.24) is 14.8 Å². The fourth-order valence-corrected chi connectivity index (χ4v) is 6.21. The SMILES string of the molecule is CC(=O)N1CCC(C(=O)N(CCCN2CCC(Sc3ccccn3)CC2)c2cccc(Cl)c2)CC1. The molecule has 0 aliphatic carbocycles. The van der Waals surface area contributed by atoms with Crippen LogP contribution in [0.5, 0.6) is 0 Å². The predicted molar refractivity (Wildman–Crippen MR) is 143 cm³/mol. The molecule has 2 aliphatic rings. The Balaban J connectivity index is 1.29. The summed E-state index contributed by atoms with van der Waals surface area (Å²) >= 11 is 8.15. The molecule has 2 fully saturated rings. The van der Waals surface area contributed by atoms with Gasteiger partial charge in [-0.1, -0.05) is 23.7 Å². The van der Waals surface area contributed by atoms with Crippen LogP contribution in [0.25, 0.3) is 0 Å². The number of hydrogen-bond donors (Lipinski definition) is 0. The summed E-state index contributed by atoms with van der Waals surface area (Å²) in [5, 5.41) is 2.36. The van der Waals surface area contributed by atoms with Gasteiger partial charge in [0.15, 0.2) is 0 Å². The van der Waals surface area contributed by atoms with Gasteiger partial charge < -0.3 is 14.7 Å². The molecule has 0 bridgehead atoms. The summed E-state index contributed by atoms with van der Waals surface area (Å²) in [6, 6.07) is 13.7. The minimum Gasteiger partial charge on any atom is -0.343 e. The second kappa shape index (κ2) is 12.7. The molecule has 0 spiro atoms. The fourth-order valence-electron chi connectivity index (χ4n) is 4.96. The Kier molecular flexibility index (Phi) is 9.46. The summed E-state index contributed by atoms with van der Waals surface area (Å²) in [4.78, 5) is 35.9. The van der Waals surface area contributed by atoms with Gasteiger partial charge in [0, 0.05) is 54.6 Å². The largest absolute Gasteiger partial charge is 0.343 e. The molecule has 0 atom stereocenters. The number of piperidine rings is 2. The van der Waals surface area contributed by atoms with E-state index in [1.807, 2.05) is 64.2 Å². The standard InChI is InChI=1S/C27H35ClN4O2S/c1-21(33)31-18-9-22(10-19-31)27(34)32(24-7-4-6-23(28)20-24)15-5-14-30-16-11-25(12-17-30)35-26-8-2-3-13-29-26/h2-4,6-8,13,20,22,25H,5,9-12,14-19H2,1H3. The Morgan fingerprint density at radius 3 is 2.49 bits per heavy atom. The van der Waals surface area contributed by atoms with Crippen LogP contribution < -0.4 is 4.90 Å². The Morgan fingerprint density at radius 1 is 1.06 bits per heavy atom. The summed E-state index contributed by atoms with van der Waals surface area (Å²) in [5.41, 5.74) is 0.863. The number of anilines is 1. The number of aromatic nitrogens is 1. The van der Waals surface area contributed by atoms with E-state index in [1.54, 1.807) is 6.92 Å². The number of likely N-dealkylation sites (tertiary alicyclic amines) is 2. The molecule has 8 heteroatoms. The van der Waals surface area contributed by atoms with Gasteiger partial charge in [0.25, 0.3) is 0 Å². The minimum absolute atomic E-state index is 0.0519. The van der Waals surface area contributed by atoms with Gasteiger partial charge >= 0.3 is 0 Å². The number of benzene rings is 1. The second-order valence-electron chi connectivity index (χ2n) is 9.43. The third-order valence-electron chi connectivity index (χ3n) is 6.99. The molecule has 1 aromatic carbocycles. The molecule has 2 aromatic rings. The number of amides is 2. The van der Waals surface area contributed by atoms with Crippen LogP contribution in [0.1, 0.15) is 39.0 Å². The van der Waals surface area contributed by atoms with E-state index in [0.717, 1.165) is 62.5 Å². The van der Waals surface area contributed by atoms with E-state index in [4.69, 9.17) is 11.6 Å². The van der Waals surface area contributed by atoms with E-state index < -0.39 is 0 Å². The zero-order valence-electron chi connectivity index (χ0n) is 20.4. The summed E-state index contributed by atoms with van der Waals surface area (Å²) in [6.45, 7) is 6.72. The van der Waals surface area contributed by atoms with E-state index in [9.17, 15) is 9.59 Å². The van der Waals surface area contributed by atoms with Crippen LogP contribution in [0.2, 0.25) is 5.02 Å². The zero-order chi connectivity index (χ0) is 24.6. The van der Waals surface area contributed by atoms with Gasteiger partial charge in [-0.2, -0.15) is 0 Å². The van der Waals surface area contributed by atoms with Crippen LogP contribution >= 0.6 is 23.4 Å². The average molecular weight is 515 g/mol. The molecular weight excluding hydrogens is 480 g/mol. The maximum Gasteiger partial charge on any atom is 0.230 e. The summed E-state index contributed by atoms with van der Waals surface area (Å²) in [6.07, 6.45) is 6.54. The van der Waals surface area contributed by atoms with Crippen molar-refractivity contribution in [1.29, 1.82) is 0 Å². The van der Waals surface area contributed by atoms with E-state index >= 15 is 0 Å². The van der Waals surface area contributed by atoms with Crippen molar-refractivity contribution in [2.45, 2.75) is 49.3 Å². The Labute approximate surface area is 218 Å². The lowest BCUT2D eigenvalue weighted by molar-refractivity contribution is -0.133. The van der Waals surface area contributed by atoms with Crippen LogP contribution in [-0.4, -0.2) is 71.1 Å². The third-order valence-corrected chi connectivity index (χ3v) is 8.51. The minimum atomic E-state index is -0.0519. The molecule has 2 aliphatic heterocycles. The van der Waals surface area contributed by atoms with Crippen LogP contribution in [0.4, 0.5) is 5.69 Å². The quantitative estimate of drug-likeness (QED) is 0.497. The molecule has 2 amide bonds. The number of carbonyl (C=O) groups is 2. The number of rotatable bonds is 8. The molecule has 188 valence electrons. The molecule has 0 N–H and O–H groups in total. The topological polar surface area (TPSA) is 56.8 Å². The maximum absolute atomic E-state index is 13.5. The van der Waals surface area contributed by atoms with Crippen LogP contribution in [0.15, 0.2) is 53.7 Å². The molecule has 4 rings (SSSR count). The molecule has 2 saturated heterocycles. The molecule has 0 radical (unpaired) electrons. The van der Waals surface area contributed by atoms with Gasteiger partial charge in [-0.05, 0) is 82.1 Å². The third kappa shape index (κ3) is 7.45. The number of halogens is 1. The summed E-state index contributed by atoms with van der Waals surface area (Å²) in [5.74, 6) is 0.190. The highest BCUT2D eigenvalue weighted by molar-refractivity contribution is 7.99. The molecule has 0 unspecified atom stereocenters. The number of hydrogen-bond acceptors (Lipinski definition) is 5. The van der Waals surface area contributed by atoms with Crippen molar-refractivity contribution >= 4 is 40.9 Å². The van der Waals surface area contributed by atoms with Gasteiger partial charge in [-0.3, -0.25) is 9.59 Å². The first-order valence-electron chi connectivity index (χ1n) is 12.6. The van der Waals surface area contributed by atoms with Crippen molar-refractivity contribution in [3.8, 4) is 0 Å². The lowest BCUT2D eigenvalue weighted by atomic mass is 9.94. The van der Waals surface area contributed by atoms with Crippen molar-refractivity contribution in [3.63, 3.8) is 0 Å². The van der Waals surface area contributed by atoms with E-state index in [2.05, 4.69) is 16.0 Å². The Bertz CT molecular complexity index is 976. The molecule has 1 aromatic heterocycles. The molecule has 3 heterocycles. The first kappa shape index (κ1) is 26.0. The van der Waals surface area contributed by atoms with E-state index in [1.165, 1.54) is 0 Å². The monoisotopic (exact) mass is 514 g/mol. The average Bonchev–Trinajstić information content (AvgIpc) is 2.88. The fraction of sp³-hybridized carbons (Fsp3) is 0.519. The molecule has 35 heavy (non-hydrogen) atoms. The number of nitrogens with zero attached hydrogens (tertiary/aromatic N) is 4. The van der Waals surface area contributed by atoms with Gasteiger partial charge in [-0.25, -0.2) is 4.98 Å². The molecular formula is C27H35ClN4O2S. The second-order valence-corrected chi connectivity index (χ2v) is 11.2.